The van der Waals surface area contributed by atoms with Gasteiger partial charge in [-0.15, -0.1) is 0 Å². The number of hydrogen-bond acceptors (Lipinski definition) is 6. The third-order valence-electron chi connectivity index (χ3n) is 4.78. The highest BCUT2D eigenvalue weighted by molar-refractivity contribution is 5.94. The van der Waals surface area contributed by atoms with E-state index in [1.54, 1.807) is 17.0 Å². The summed E-state index contributed by atoms with van der Waals surface area (Å²) < 4.78 is 10.4. The molecule has 0 aromatic heterocycles. The van der Waals surface area contributed by atoms with Gasteiger partial charge in [0, 0.05) is 32.7 Å². The fraction of sp³-hybridized carbons (Fsp3) is 0.318. The van der Waals surface area contributed by atoms with Gasteiger partial charge in [-0.2, -0.15) is 0 Å². The molecule has 2 aromatic carbocycles. The molecule has 0 bridgehead atoms. The summed E-state index contributed by atoms with van der Waals surface area (Å²) in [5, 5.41) is 0. The topological polar surface area (TPSA) is 102 Å². The van der Waals surface area contributed by atoms with Gasteiger partial charge in [0.15, 0.2) is 13.2 Å². The Hall–Kier alpha value is -3.39. The van der Waals surface area contributed by atoms with Gasteiger partial charge in [-0.05, 0) is 17.7 Å². The predicted molar refractivity (Wildman–Crippen MR) is 110 cm³/mol. The Bertz CT molecular complexity index is 879. The Morgan fingerprint density at radius 2 is 1.53 bits per heavy atom. The van der Waals surface area contributed by atoms with Crippen LogP contribution in [0.5, 0.6) is 5.75 Å². The molecule has 2 amide bonds. The van der Waals surface area contributed by atoms with Crippen LogP contribution in [0.25, 0.3) is 0 Å². The molecule has 3 rings (SSSR count). The maximum Gasteiger partial charge on any atom is 0.342 e. The van der Waals surface area contributed by atoms with Crippen LogP contribution in [0.1, 0.15) is 15.9 Å². The van der Waals surface area contributed by atoms with Crippen molar-refractivity contribution in [2.24, 2.45) is 5.73 Å². The summed E-state index contributed by atoms with van der Waals surface area (Å²) in [6.45, 7) is 2.85. The standard InChI is InChI=1S/C22H25N3O5/c23-20(26)15-29-19-9-5-4-8-18(19)22(28)30-16-21(27)25-12-10-24(11-13-25)14-17-6-2-1-3-7-17/h1-9H,10-16H2,(H2,23,26). The molecule has 8 nitrogen and oxygen atoms in total. The maximum absolute atomic E-state index is 12.4. The summed E-state index contributed by atoms with van der Waals surface area (Å²) in [7, 11) is 0. The van der Waals surface area contributed by atoms with Crippen molar-refractivity contribution in [3.8, 4) is 5.75 Å². The SMILES string of the molecule is NC(=O)COc1ccccc1C(=O)OCC(=O)N1CCN(Cc2ccccc2)CC1. The van der Waals surface area contributed by atoms with Gasteiger partial charge in [-0.1, -0.05) is 42.5 Å². The highest BCUT2D eigenvalue weighted by Gasteiger charge is 2.23. The van der Waals surface area contributed by atoms with Crippen LogP contribution >= 0.6 is 0 Å². The molecular weight excluding hydrogens is 386 g/mol. The van der Waals surface area contributed by atoms with Gasteiger partial charge in [0.05, 0.1) is 0 Å². The van der Waals surface area contributed by atoms with E-state index >= 15 is 0 Å². The van der Waals surface area contributed by atoms with Crippen LogP contribution in [-0.4, -0.2) is 67.0 Å². The second-order valence-electron chi connectivity index (χ2n) is 6.97. The predicted octanol–water partition coefficient (Wildman–Crippen LogP) is 1.05. The van der Waals surface area contributed by atoms with E-state index in [0.29, 0.717) is 13.1 Å². The highest BCUT2D eigenvalue weighted by Crippen LogP contribution is 2.19. The smallest absolute Gasteiger partial charge is 0.342 e. The second-order valence-corrected chi connectivity index (χ2v) is 6.97. The summed E-state index contributed by atoms with van der Waals surface area (Å²) >= 11 is 0. The number of ether oxygens (including phenoxy) is 2. The Balaban J connectivity index is 1.46. The number of para-hydroxylation sites is 1. The Morgan fingerprint density at radius 3 is 2.23 bits per heavy atom. The van der Waals surface area contributed by atoms with E-state index in [2.05, 4.69) is 17.0 Å². The minimum absolute atomic E-state index is 0.138. The molecule has 30 heavy (non-hydrogen) atoms. The zero-order chi connectivity index (χ0) is 21.3. The van der Waals surface area contributed by atoms with Crippen LogP contribution in [0.4, 0.5) is 0 Å². The maximum atomic E-state index is 12.4. The lowest BCUT2D eigenvalue weighted by Crippen LogP contribution is -2.49. The first-order valence-corrected chi connectivity index (χ1v) is 9.74. The Kier molecular flexibility index (Phi) is 7.40. The van der Waals surface area contributed by atoms with E-state index in [4.69, 9.17) is 15.2 Å². The lowest BCUT2D eigenvalue weighted by molar-refractivity contribution is -0.136. The lowest BCUT2D eigenvalue weighted by atomic mass is 10.2. The van der Waals surface area contributed by atoms with Gasteiger partial charge in [-0.3, -0.25) is 14.5 Å². The van der Waals surface area contributed by atoms with Crippen molar-refractivity contribution >= 4 is 17.8 Å². The lowest BCUT2D eigenvalue weighted by Gasteiger charge is -2.34. The number of benzene rings is 2. The third kappa shape index (κ3) is 6.05. The first-order chi connectivity index (χ1) is 14.5. The molecule has 1 fully saturated rings. The summed E-state index contributed by atoms with van der Waals surface area (Å²) in [5.41, 5.74) is 6.44. The van der Waals surface area contributed by atoms with Crippen LogP contribution in [0, 0.1) is 0 Å². The molecule has 2 N–H and O–H groups in total. The van der Waals surface area contributed by atoms with E-state index in [0.717, 1.165) is 19.6 Å². The monoisotopic (exact) mass is 411 g/mol. The van der Waals surface area contributed by atoms with E-state index in [-0.39, 0.29) is 30.4 Å². The van der Waals surface area contributed by atoms with Crippen molar-refractivity contribution in [2.75, 3.05) is 39.4 Å². The molecule has 0 spiro atoms. The fourth-order valence-electron chi connectivity index (χ4n) is 3.20. The van der Waals surface area contributed by atoms with Crippen molar-refractivity contribution in [2.45, 2.75) is 6.54 Å². The molecular formula is C22H25N3O5. The molecule has 8 heteroatoms. The zero-order valence-electron chi connectivity index (χ0n) is 16.7. The van der Waals surface area contributed by atoms with Gasteiger partial charge in [0.1, 0.15) is 11.3 Å². The number of esters is 1. The zero-order valence-corrected chi connectivity index (χ0v) is 16.7. The molecule has 1 heterocycles. The Labute approximate surface area is 175 Å². The van der Waals surface area contributed by atoms with Crippen LogP contribution < -0.4 is 10.5 Å². The Morgan fingerprint density at radius 1 is 0.867 bits per heavy atom. The molecule has 1 aliphatic rings. The summed E-state index contributed by atoms with van der Waals surface area (Å²) in [5.74, 6) is -1.40. The van der Waals surface area contributed by atoms with Crippen molar-refractivity contribution in [1.29, 1.82) is 0 Å². The second kappa shape index (κ2) is 10.4. The molecule has 0 unspecified atom stereocenters. The number of nitrogens with two attached hydrogens (primary N) is 1. The van der Waals surface area contributed by atoms with Crippen molar-refractivity contribution in [3.63, 3.8) is 0 Å². The minimum Gasteiger partial charge on any atom is -0.483 e. The minimum atomic E-state index is -0.689. The van der Waals surface area contributed by atoms with Crippen molar-refractivity contribution in [3.05, 3.63) is 65.7 Å². The number of carbonyl (C=O) groups is 3. The van der Waals surface area contributed by atoms with Crippen LogP contribution in [0.15, 0.2) is 54.6 Å². The number of amides is 2. The summed E-state index contributed by atoms with van der Waals surface area (Å²) in [6.07, 6.45) is 0. The van der Waals surface area contributed by atoms with Gasteiger partial charge < -0.3 is 20.1 Å². The number of piperazine rings is 1. The number of nitrogens with zero attached hydrogens (tertiary/aromatic N) is 2. The van der Waals surface area contributed by atoms with E-state index < -0.39 is 11.9 Å². The quantitative estimate of drug-likeness (QED) is 0.652. The van der Waals surface area contributed by atoms with Crippen molar-refractivity contribution in [1.82, 2.24) is 9.80 Å². The number of primary amides is 1. The largest absolute Gasteiger partial charge is 0.483 e. The van der Waals surface area contributed by atoms with Crippen molar-refractivity contribution < 1.29 is 23.9 Å². The molecule has 158 valence electrons. The normalized spacial score (nSPS) is 14.2. The number of hydrogen-bond donors (Lipinski definition) is 1. The molecule has 0 saturated carbocycles. The molecule has 0 aliphatic carbocycles. The highest BCUT2D eigenvalue weighted by atomic mass is 16.5. The summed E-state index contributed by atoms with van der Waals surface area (Å²) in [4.78, 5) is 39.7. The van der Waals surface area contributed by atoms with Gasteiger partial charge in [0.25, 0.3) is 11.8 Å². The molecule has 0 atom stereocenters. The van der Waals surface area contributed by atoms with Crippen LogP contribution in [-0.2, 0) is 20.9 Å². The first kappa shape index (κ1) is 21.3. The molecule has 0 radical (unpaired) electrons. The van der Waals surface area contributed by atoms with E-state index in [9.17, 15) is 14.4 Å². The van der Waals surface area contributed by atoms with Gasteiger partial charge in [0.2, 0.25) is 0 Å². The van der Waals surface area contributed by atoms with Crippen LogP contribution in [0.2, 0.25) is 0 Å². The molecule has 1 saturated heterocycles. The number of rotatable bonds is 8. The van der Waals surface area contributed by atoms with E-state index in [1.807, 2.05) is 18.2 Å². The molecule has 1 aliphatic heterocycles. The van der Waals surface area contributed by atoms with Gasteiger partial charge >= 0.3 is 5.97 Å². The average molecular weight is 411 g/mol. The first-order valence-electron chi connectivity index (χ1n) is 9.74. The van der Waals surface area contributed by atoms with E-state index in [1.165, 1.54) is 17.7 Å². The fourth-order valence-corrected chi connectivity index (χ4v) is 3.20. The average Bonchev–Trinajstić information content (AvgIpc) is 2.77. The summed E-state index contributed by atoms with van der Waals surface area (Å²) in [6, 6.07) is 16.5. The molecule has 2 aromatic rings. The van der Waals surface area contributed by atoms with Gasteiger partial charge in [-0.25, -0.2) is 4.79 Å². The van der Waals surface area contributed by atoms with Crippen LogP contribution in [0.3, 0.4) is 0 Å². The third-order valence-corrected chi connectivity index (χ3v) is 4.78. The number of carbonyl (C=O) groups excluding carboxylic acids is 3.